The lowest BCUT2D eigenvalue weighted by Crippen LogP contribution is -2.33. The molecule has 2 aliphatic heterocycles. The van der Waals surface area contributed by atoms with Crippen molar-refractivity contribution >= 4 is 42.9 Å². The predicted molar refractivity (Wildman–Crippen MR) is 159 cm³/mol. The number of hydrogen-bond acceptors (Lipinski definition) is 9. The van der Waals surface area contributed by atoms with Crippen molar-refractivity contribution in [3.8, 4) is 11.5 Å². The van der Waals surface area contributed by atoms with Crippen molar-refractivity contribution in [2.75, 3.05) is 56.5 Å². The molecule has 40 heavy (non-hydrogen) atoms. The number of nitrogens with zero attached hydrogens (tertiary/aromatic N) is 2. The summed E-state index contributed by atoms with van der Waals surface area (Å²) >= 11 is 0. The Morgan fingerprint density at radius 1 is 0.900 bits per heavy atom. The van der Waals surface area contributed by atoms with Crippen LogP contribution in [0.1, 0.15) is 34.0 Å². The van der Waals surface area contributed by atoms with Gasteiger partial charge in [0.2, 0.25) is 5.91 Å². The van der Waals surface area contributed by atoms with Crippen LogP contribution in [0.15, 0.2) is 60.7 Å². The van der Waals surface area contributed by atoms with Crippen LogP contribution in [0.4, 0.5) is 11.4 Å². The molecule has 2 heterocycles. The molecule has 0 aromatic heterocycles. The Morgan fingerprint density at radius 2 is 1.45 bits per heavy atom. The molecule has 0 atom stereocenters. The van der Waals surface area contributed by atoms with Crippen molar-refractivity contribution in [1.82, 2.24) is 5.32 Å². The Balaban J connectivity index is 0.000000288. The SMILES string of the molecule is CC(=O)NCCSS(C)(=O)=O.CN(C)c1ccc2c(c1)Oc1cc(N(C)C)ccc1C21OC(=O)c2ccccc21. The third-order valence-electron chi connectivity index (χ3n) is 6.49. The number of anilines is 2. The van der Waals surface area contributed by atoms with Gasteiger partial charge in [0.1, 0.15) is 11.5 Å². The average molecular weight is 584 g/mol. The van der Waals surface area contributed by atoms with Crippen molar-refractivity contribution in [3.05, 3.63) is 82.9 Å². The van der Waals surface area contributed by atoms with Crippen LogP contribution < -0.4 is 19.9 Å². The molecule has 3 aromatic carbocycles. The fraction of sp³-hybridized carbons (Fsp3) is 0.310. The van der Waals surface area contributed by atoms with Gasteiger partial charge in [-0.3, -0.25) is 4.79 Å². The molecule has 212 valence electrons. The fourth-order valence-electron chi connectivity index (χ4n) is 4.63. The number of benzene rings is 3. The topological polar surface area (TPSA) is 105 Å². The van der Waals surface area contributed by atoms with Gasteiger partial charge in [-0.1, -0.05) is 18.2 Å². The van der Waals surface area contributed by atoms with E-state index in [0.29, 0.717) is 29.4 Å². The number of nitrogens with one attached hydrogen (secondary N) is 1. The van der Waals surface area contributed by atoms with Crippen LogP contribution in [0.25, 0.3) is 0 Å². The zero-order valence-corrected chi connectivity index (χ0v) is 25.0. The molecule has 0 unspecified atom stereocenters. The first-order valence-electron chi connectivity index (χ1n) is 12.6. The summed E-state index contributed by atoms with van der Waals surface area (Å²) in [5, 5.41) is 2.49. The van der Waals surface area contributed by atoms with E-state index >= 15 is 0 Å². The summed E-state index contributed by atoms with van der Waals surface area (Å²) in [5.41, 5.74) is 4.16. The minimum atomic E-state index is -2.96. The molecule has 9 nitrogen and oxygen atoms in total. The normalized spacial score (nSPS) is 14.0. The van der Waals surface area contributed by atoms with Gasteiger partial charge in [-0.05, 0) is 41.1 Å². The average Bonchev–Trinajstić information content (AvgIpc) is 3.18. The van der Waals surface area contributed by atoms with Crippen LogP contribution in [0, 0.1) is 0 Å². The van der Waals surface area contributed by atoms with E-state index in [1.54, 1.807) is 0 Å². The third-order valence-corrected chi connectivity index (χ3v) is 9.07. The van der Waals surface area contributed by atoms with Crippen LogP contribution in [0.5, 0.6) is 11.5 Å². The Bertz CT molecular complexity index is 1500. The summed E-state index contributed by atoms with van der Waals surface area (Å²) in [6, 6.07) is 19.7. The molecule has 11 heteroatoms. The first-order valence-corrected chi connectivity index (χ1v) is 16.0. The van der Waals surface area contributed by atoms with Crippen LogP contribution in [-0.2, 0) is 24.0 Å². The first-order chi connectivity index (χ1) is 18.8. The minimum absolute atomic E-state index is 0.140. The van der Waals surface area contributed by atoms with Crippen LogP contribution >= 0.6 is 10.8 Å². The summed E-state index contributed by atoms with van der Waals surface area (Å²) in [6.07, 6.45) is 1.14. The van der Waals surface area contributed by atoms with Crippen LogP contribution in [-0.4, -0.2) is 67.0 Å². The molecule has 2 aliphatic rings. The summed E-state index contributed by atoms with van der Waals surface area (Å²) in [6.45, 7) is 1.79. The molecule has 1 spiro atoms. The van der Waals surface area contributed by atoms with Gasteiger partial charge in [-0.2, -0.15) is 0 Å². The Morgan fingerprint density at radius 3 is 1.95 bits per heavy atom. The molecule has 0 fully saturated rings. The Hall–Kier alpha value is -3.70. The highest BCUT2D eigenvalue weighted by Gasteiger charge is 2.53. The van der Waals surface area contributed by atoms with Gasteiger partial charge in [0.25, 0.3) is 0 Å². The van der Waals surface area contributed by atoms with E-state index in [-0.39, 0.29) is 11.9 Å². The van der Waals surface area contributed by atoms with E-state index in [4.69, 9.17) is 9.47 Å². The maximum Gasteiger partial charge on any atom is 0.340 e. The molecule has 0 bridgehead atoms. The highest BCUT2D eigenvalue weighted by atomic mass is 33.1. The van der Waals surface area contributed by atoms with E-state index in [9.17, 15) is 18.0 Å². The molecular weight excluding hydrogens is 550 g/mol. The van der Waals surface area contributed by atoms with Gasteiger partial charge in [0, 0.05) is 93.9 Å². The second-order valence-corrected chi connectivity index (χ2v) is 14.5. The van der Waals surface area contributed by atoms with E-state index in [1.807, 2.05) is 98.7 Å². The smallest absolute Gasteiger partial charge is 0.340 e. The second-order valence-electron chi connectivity index (χ2n) is 9.88. The van der Waals surface area contributed by atoms with Gasteiger partial charge < -0.3 is 24.6 Å². The molecule has 5 rings (SSSR count). The van der Waals surface area contributed by atoms with Crippen molar-refractivity contribution in [1.29, 1.82) is 0 Å². The van der Waals surface area contributed by atoms with Gasteiger partial charge in [0.15, 0.2) is 14.5 Å². The zero-order chi connectivity index (χ0) is 29.2. The lowest BCUT2D eigenvalue weighted by molar-refractivity contribution is -0.118. The highest BCUT2D eigenvalue weighted by molar-refractivity contribution is 8.71. The number of amides is 1. The standard InChI is InChI=1S/C24H22N2O3.C5H11NO3S2/c1-25(2)15-9-11-19-21(13-15)28-22-14-16(26(3)4)10-12-20(22)24(19)18-8-6-5-7-17(18)23(27)29-24;1-5(7)6-3-4-10-11(2,8)9/h5-14H,1-4H3;3-4H2,1-2H3,(H,6,7). The maximum absolute atomic E-state index is 12.8. The number of esters is 1. The van der Waals surface area contributed by atoms with Crippen LogP contribution in [0.2, 0.25) is 0 Å². The lowest BCUT2D eigenvalue weighted by Gasteiger charge is -2.37. The molecule has 0 saturated heterocycles. The van der Waals surface area contributed by atoms with E-state index in [0.717, 1.165) is 45.1 Å². The summed E-state index contributed by atoms with van der Waals surface area (Å²) in [4.78, 5) is 27.2. The maximum atomic E-state index is 12.8. The van der Waals surface area contributed by atoms with Crippen molar-refractivity contribution in [2.24, 2.45) is 0 Å². The highest BCUT2D eigenvalue weighted by Crippen LogP contribution is 2.56. The molecule has 0 radical (unpaired) electrons. The molecular formula is C29H33N3O6S2. The number of carbonyl (C=O) groups excluding carboxylic acids is 2. The Kier molecular flexibility index (Phi) is 8.36. The molecule has 1 amide bonds. The zero-order valence-electron chi connectivity index (χ0n) is 23.3. The Labute approximate surface area is 238 Å². The number of fused-ring (bicyclic) bond motifs is 6. The second kappa shape index (κ2) is 11.4. The molecule has 0 saturated carbocycles. The fourth-order valence-corrected chi connectivity index (χ4v) is 6.28. The van der Waals surface area contributed by atoms with Gasteiger partial charge in [-0.15, -0.1) is 0 Å². The number of rotatable bonds is 6. The summed E-state index contributed by atoms with van der Waals surface area (Å²) in [5.74, 6) is 1.35. The monoisotopic (exact) mass is 583 g/mol. The lowest BCUT2D eigenvalue weighted by atomic mass is 9.77. The summed E-state index contributed by atoms with van der Waals surface area (Å²) in [7, 11) is 5.83. The minimum Gasteiger partial charge on any atom is -0.456 e. The van der Waals surface area contributed by atoms with Crippen molar-refractivity contribution in [2.45, 2.75) is 12.5 Å². The first kappa shape index (κ1) is 29.3. The van der Waals surface area contributed by atoms with Crippen LogP contribution in [0.3, 0.4) is 0 Å². The van der Waals surface area contributed by atoms with E-state index in [2.05, 4.69) is 5.32 Å². The predicted octanol–water partition coefficient (Wildman–Crippen LogP) is 4.20. The molecule has 1 N–H and O–H groups in total. The van der Waals surface area contributed by atoms with Gasteiger partial charge >= 0.3 is 5.97 Å². The number of ether oxygens (including phenoxy) is 2. The number of carbonyl (C=O) groups is 2. The van der Waals surface area contributed by atoms with Gasteiger partial charge in [0.05, 0.1) is 5.56 Å². The van der Waals surface area contributed by atoms with Crippen molar-refractivity contribution < 1.29 is 27.5 Å². The third kappa shape index (κ3) is 5.90. The number of hydrogen-bond donors (Lipinski definition) is 1. The van der Waals surface area contributed by atoms with E-state index < -0.39 is 14.5 Å². The molecule has 3 aromatic rings. The largest absolute Gasteiger partial charge is 0.456 e. The van der Waals surface area contributed by atoms with Gasteiger partial charge in [-0.25, -0.2) is 13.2 Å². The van der Waals surface area contributed by atoms with Crippen molar-refractivity contribution in [3.63, 3.8) is 0 Å². The quantitative estimate of drug-likeness (QED) is 0.260. The molecule has 0 aliphatic carbocycles. The summed E-state index contributed by atoms with van der Waals surface area (Å²) < 4.78 is 33.6. The van der Waals surface area contributed by atoms with E-state index in [1.165, 1.54) is 6.92 Å².